The first kappa shape index (κ1) is 9.89. The molecular formula is C8H11NO2. The summed E-state index contributed by atoms with van der Waals surface area (Å²) in [5, 5.41) is 25.8. The van der Waals surface area contributed by atoms with Gasteiger partial charge in [0.15, 0.2) is 0 Å². The standard InChI is InChI=1S/C8H11NO2/c1-7(10)8(11)5-3-2-4-6-9/h2-5,7-8,10-11H,1H3/b4-2+,5-3+/t7-,8-/m0/s1. The second kappa shape index (κ2) is 5.66. The zero-order valence-electron chi connectivity index (χ0n) is 6.31. The Bertz CT molecular complexity index is 189. The summed E-state index contributed by atoms with van der Waals surface area (Å²) < 4.78 is 0. The third kappa shape index (κ3) is 5.34. The van der Waals surface area contributed by atoms with Crippen molar-refractivity contribution in [3.05, 3.63) is 24.3 Å². The summed E-state index contributed by atoms with van der Waals surface area (Å²) in [6.07, 6.45) is 4.07. The molecule has 0 saturated carbocycles. The summed E-state index contributed by atoms with van der Waals surface area (Å²) in [6.45, 7) is 1.49. The summed E-state index contributed by atoms with van der Waals surface area (Å²) in [5.41, 5.74) is 0. The molecule has 0 aromatic rings. The molecule has 0 aliphatic heterocycles. The van der Waals surface area contributed by atoms with Crippen LogP contribution < -0.4 is 0 Å². The van der Waals surface area contributed by atoms with E-state index in [9.17, 15) is 0 Å². The van der Waals surface area contributed by atoms with Crippen LogP contribution in [0.15, 0.2) is 24.3 Å². The lowest BCUT2D eigenvalue weighted by molar-refractivity contribution is 0.0619. The third-order valence-electron chi connectivity index (χ3n) is 1.08. The zero-order valence-corrected chi connectivity index (χ0v) is 6.31. The van der Waals surface area contributed by atoms with Crippen LogP contribution in [0, 0.1) is 11.3 Å². The van der Waals surface area contributed by atoms with Gasteiger partial charge in [0.2, 0.25) is 0 Å². The number of hydrogen-bond acceptors (Lipinski definition) is 3. The normalized spacial score (nSPS) is 16.9. The summed E-state index contributed by atoms with van der Waals surface area (Å²) in [7, 11) is 0. The summed E-state index contributed by atoms with van der Waals surface area (Å²) >= 11 is 0. The molecule has 0 saturated heterocycles. The van der Waals surface area contributed by atoms with E-state index in [1.165, 1.54) is 31.2 Å². The maximum Gasteiger partial charge on any atom is 0.0980 e. The van der Waals surface area contributed by atoms with Crippen LogP contribution in [-0.4, -0.2) is 22.4 Å². The first-order valence-corrected chi connectivity index (χ1v) is 3.27. The van der Waals surface area contributed by atoms with Gasteiger partial charge in [-0.1, -0.05) is 18.2 Å². The van der Waals surface area contributed by atoms with Gasteiger partial charge in [-0.15, -0.1) is 0 Å². The first-order valence-electron chi connectivity index (χ1n) is 3.27. The van der Waals surface area contributed by atoms with Crippen LogP contribution in [0.3, 0.4) is 0 Å². The highest BCUT2D eigenvalue weighted by atomic mass is 16.3. The Hall–Kier alpha value is -1.11. The first-order chi connectivity index (χ1) is 5.18. The van der Waals surface area contributed by atoms with Gasteiger partial charge in [0.25, 0.3) is 0 Å². The Kier molecular flexibility index (Phi) is 5.09. The van der Waals surface area contributed by atoms with Gasteiger partial charge in [0, 0.05) is 6.08 Å². The van der Waals surface area contributed by atoms with Crippen molar-refractivity contribution in [1.29, 1.82) is 5.26 Å². The van der Waals surface area contributed by atoms with E-state index in [1.807, 2.05) is 0 Å². The van der Waals surface area contributed by atoms with Gasteiger partial charge in [-0.2, -0.15) is 5.26 Å². The van der Waals surface area contributed by atoms with E-state index in [2.05, 4.69) is 0 Å². The third-order valence-corrected chi connectivity index (χ3v) is 1.08. The van der Waals surface area contributed by atoms with Gasteiger partial charge in [-0.25, -0.2) is 0 Å². The smallest absolute Gasteiger partial charge is 0.0980 e. The number of hydrogen-bond donors (Lipinski definition) is 2. The maximum atomic E-state index is 8.97. The molecule has 0 spiro atoms. The molecule has 0 aromatic carbocycles. The molecule has 3 heteroatoms. The summed E-state index contributed by atoms with van der Waals surface area (Å²) in [5.74, 6) is 0. The maximum absolute atomic E-state index is 8.97. The molecule has 0 fully saturated rings. The van der Waals surface area contributed by atoms with Gasteiger partial charge < -0.3 is 10.2 Å². The van der Waals surface area contributed by atoms with E-state index in [0.717, 1.165) is 0 Å². The summed E-state index contributed by atoms with van der Waals surface area (Å²) in [6, 6.07) is 1.79. The molecule has 2 N–H and O–H groups in total. The van der Waals surface area contributed by atoms with E-state index >= 15 is 0 Å². The Morgan fingerprint density at radius 2 is 2.00 bits per heavy atom. The fourth-order valence-electron chi connectivity index (χ4n) is 0.437. The molecule has 60 valence electrons. The molecule has 0 heterocycles. The minimum Gasteiger partial charge on any atom is -0.390 e. The number of rotatable bonds is 3. The van der Waals surface area contributed by atoms with Crippen molar-refractivity contribution in [2.75, 3.05) is 0 Å². The molecule has 0 aliphatic rings. The Morgan fingerprint density at radius 3 is 2.45 bits per heavy atom. The molecule has 2 atom stereocenters. The average Bonchev–Trinajstić information content (AvgIpc) is 1.97. The van der Waals surface area contributed by atoms with E-state index < -0.39 is 12.2 Å². The largest absolute Gasteiger partial charge is 0.390 e. The van der Waals surface area contributed by atoms with Crippen LogP contribution in [0.1, 0.15) is 6.92 Å². The van der Waals surface area contributed by atoms with E-state index in [-0.39, 0.29) is 0 Å². The number of allylic oxidation sites excluding steroid dienone is 3. The second-order valence-corrected chi connectivity index (χ2v) is 2.10. The van der Waals surface area contributed by atoms with Gasteiger partial charge in [-0.05, 0) is 6.92 Å². The molecule has 0 bridgehead atoms. The van der Waals surface area contributed by atoms with Gasteiger partial charge in [-0.3, -0.25) is 0 Å². The highest BCUT2D eigenvalue weighted by Gasteiger charge is 2.03. The molecule has 0 radical (unpaired) electrons. The van der Waals surface area contributed by atoms with Crippen LogP contribution in [-0.2, 0) is 0 Å². The van der Waals surface area contributed by atoms with Crippen molar-refractivity contribution < 1.29 is 10.2 Å². The fraction of sp³-hybridized carbons (Fsp3) is 0.375. The van der Waals surface area contributed by atoms with Gasteiger partial charge in [0.1, 0.15) is 0 Å². The molecule has 0 aromatic heterocycles. The predicted octanol–water partition coefficient (Wildman–Crippen LogP) is 0.364. The number of nitrogens with zero attached hydrogens (tertiary/aromatic N) is 1. The van der Waals surface area contributed by atoms with Crippen molar-refractivity contribution in [3.8, 4) is 6.07 Å². The van der Waals surface area contributed by atoms with E-state index in [1.54, 1.807) is 6.07 Å². The topological polar surface area (TPSA) is 64.2 Å². The molecule has 0 rings (SSSR count). The number of aliphatic hydroxyl groups excluding tert-OH is 2. The Morgan fingerprint density at radius 1 is 1.36 bits per heavy atom. The number of nitriles is 1. The molecule has 3 nitrogen and oxygen atoms in total. The molecule has 0 unspecified atom stereocenters. The SMILES string of the molecule is C[C@H](O)[C@@H](O)/C=C/C=C/C#N. The van der Waals surface area contributed by atoms with Gasteiger partial charge in [0.05, 0.1) is 18.3 Å². The van der Waals surface area contributed by atoms with Crippen LogP contribution in [0.5, 0.6) is 0 Å². The van der Waals surface area contributed by atoms with Gasteiger partial charge >= 0.3 is 0 Å². The highest BCUT2D eigenvalue weighted by molar-refractivity contribution is 5.12. The molecular weight excluding hydrogens is 142 g/mol. The van der Waals surface area contributed by atoms with Crippen molar-refractivity contribution in [1.82, 2.24) is 0 Å². The van der Waals surface area contributed by atoms with Crippen molar-refractivity contribution in [2.24, 2.45) is 0 Å². The molecule has 0 amide bonds. The number of aliphatic hydroxyl groups is 2. The van der Waals surface area contributed by atoms with E-state index in [4.69, 9.17) is 15.5 Å². The minimum absolute atomic E-state index is 0.776. The fourth-order valence-corrected chi connectivity index (χ4v) is 0.437. The molecule has 11 heavy (non-hydrogen) atoms. The lowest BCUT2D eigenvalue weighted by Crippen LogP contribution is -2.19. The minimum atomic E-state index is -0.863. The van der Waals surface area contributed by atoms with Crippen molar-refractivity contribution in [3.63, 3.8) is 0 Å². The van der Waals surface area contributed by atoms with Crippen LogP contribution >= 0.6 is 0 Å². The van der Waals surface area contributed by atoms with Crippen LogP contribution in [0.4, 0.5) is 0 Å². The lowest BCUT2D eigenvalue weighted by Gasteiger charge is -2.06. The lowest BCUT2D eigenvalue weighted by atomic mass is 10.2. The second-order valence-electron chi connectivity index (χ2n) is 2.10. The van der Waals surface area contributed by atoms with Crippen LogP contribution in [0.2, 0.25) is 0 Å². The predicted molar refractivity (Wildman–Crippen MR) is 41.6 cm³/mol. The van der Waals surface area contributed by atoms with Crippen molar-refractivity contribution in [2.45, 2.75) is 19.1 Å². The summed E-state index contributed by atoms with van der Waals surface area (Å²) in [4.78, 5) is 0. The monoisotopic (exact) mass is 153 g/mol. The molecule has 0 aliphatic carbocycles. The Labute approximate surface area is 65.9 Å². The van der Waals surface area contributed by atoms with Crippen molar-refractivity contribution >= 4 is 0 Å². The Balaban J connectivity index is 3.76. The highest BCUT2D eigenvalue weighted by Crippen LogP contribution is 1.93. The quantitative estimate of drug-likeness (QED) is 0.454. The van der Waals surface area contributed by atoms with Crippen LogP contribution in [0.25, 0.3) is 0 Å². The zero-order chi connectivity index (χ0) is 8.69. The van der Waals surface area contributed by atoms with E-state index in [0.29, 0.717) is 0 Å². The average molecular weight is 153 g/mol.